The number of thiophene rings is 1. The first-order chi connectivity index (χ1) is 8.40. The maximum absolute atomic E-state index is 4.03. The van der Waals surface area contributed by atoms with Crippen molar-refractivity contribution in [2.45, 2.75) is 18.1 Å². The van der Waals surface area contributed by atoms with Crippen LogP contribution < -0.4 is 5.32 Å². The Morgan fingerprint density at radius 2 is 2.47 bits per heavy atom. The van der Waals surface area contributed by atoms with Crippen molar-refractivity contribution >= 4 is 23.1 Å². The molecule has 0 aliphatic heterocycles. The molecule has 0 spiro atoms. The molecule has 2 rings (SSSR count). The molecular weight excluding hydrogens is 254 g/mol. The van der Waals surface area contributed by atoms with E-state index >= 15 is 0 Å². The maximum atomic E-state index is 4.03. The van der Waals surface area contributed by atoms with E-state index in [4.69, 9.17) is 0 Å². The average molecular weight is 269 g/mol. The number of nitrogens with one attached hydrogen (secondary N) is 1. The van der Waals surface area contributed by atoms with Gasteiger partial charge in [0.2, 0.25) is 5.16 Å². The van der Waals surface area contributed by atoms with Crippen molar-refractivity contribution in [1.82, 2.24) is 25.5 Å². The number of hydrogen-bond acceptors (Lipinski definition) is 6. The summed E-state index contributed by atoms with van der Waals surface area (Å²) in [5.74, 6) is 1.01. The molecule has 0 aliphatic carbocycles. The summed E-state index contributed by atoms with van der Waals surface area (Å²) in [7, 11) is 1.92. The maximum Gasteiger partial charge on any atom is 0.209 e. The quantitative estimate of drug-likeness (QED) is 0.768. The Balaban J connectivity index is 1.80. The van der Waals surface area contributed by atoms with Gasteiger partial charge in [0, 0.05) is 12.3 Å². The van der Waals surface area contributed by atoms with Crippen molar-refractivity contribution in [2.24, 2.45) is 0 Å². The van der Waals surface area contributed by atoms with E-state index in [-0.39, 0.29) is 0 Å². The van der Waals surface area contributed by atoms with Crippen LogP contribution in [0.1, 0.15) is 5.56 Å². The summed E-state index contributed by atoms with van der Waals surface area (Å²) in [6.45, 7) is 1.69. The van der Waals surface area contributed by atoms with Crippen LogP contribution in [0.5, 0.6) is 0 Å². The van der Waals surface area contributed by atoms with Gasteiger partial charge in [0.1, 0.15) is 0 Å². The molecule has 0 unspecified atom stereocenters. The molecule has 7 heteroatoms. The zero-order chi connectivity index (χ0) is 11.9. The van der Waals surface area contributed by atoms with Gasteiger partial charge in [-0.05, 0) is 46.3 Å². The SMILES string of the molecule is CNCCn1nnnc1SCCc1ccsc1. The van der Waals surface area contributed by atoms with E-state index < -0.39 is 0 Å². The molecule has 0 fully saturated rings. The molecule has 2 heterocycles. The van der Waals surface area contributed by atoms with Gasteiger partial charge in [0.15, 0.2) is 0 Å². The van der Waals surface area contributed by atoms with E-state index in [2.05, 4.69) is 37.7 Å². The van der Waals surface area contributed by atoms with Crippen LogP contribution in [-0.2, 0) is 13.0 Å². The highest BCUT2D eigenvalue weighted by Crippen LogP contribution is 2.16. The zero-order valence-electron chi connectivity index (χ0n) is 9.67. The molecular formula is C10H15N5S2. The van der Waals surface area contributed by atoms with E-state index in [9.17, 15) is 0 Å². The predicted molar refractivity (Wildman–Crippen MR) is 70.5 cm³/mol. The second-order valence-corrected chi connectivity index (χ2v) is 5.36. The highest BCUT2D eigenvalue weighted by molar-refractivity contribution is 7.99. The third-order valence-corrected chi connectivity index (χ3v) is 3.97. The standard InChI is InChI=1S/C10H15N5S2/c1-11-4-5-15-10(12-13-14-15)17-7-3-9-2-6-16-8-9/h2,6,8,11H,3-5,7H2,1H3. The molecule has 0 saturated carbocycles. The second kappa shape index (κ2) is 6.73. The molecule has 1 N–H and O–H groups in total. The van der Waals surface area contributed by atoms with Crippen molar-refractivity contribution in [3.05, 3.63) is 22.4 Å². The molecule has 0 saturated heterocycles. The largest absolute Gasteiger partial charge is 0.318 e. The summed E-state index contributed by atoms with van der Waals surface area (Å²) in [6.07, 6.45) is 1.06. The van der Waals surface area contributed by atoms with Crippen LogP contribution in [-0.4, -0.2) is 39.6 Å². The van der Waals surface area contributed by atoms with Gasteiger partial charge in [0.25, 0.3) is 0 Å². The van der Waals surface area contributed by atoms with Gasteiger partial charge >= 0.3 is 0 Å². The minimum atomic E-state index is 0.810. The summed E-state index contributed by atoms with van der Waals surface area (Å²) in [5, 5.41) is 20.0. The van der Waals surface area contributed by atoms with Crippen LogP contribution in [0.3, 0.4) is 0 Å². The number of nitrogens with zero attached hydrogens (tertiary/aromatic N) is 4. The zero-order valence-corrected chi connectivity index (χ0v) is 11.3. The smallest absolute Gasteiger partial charge is 0.209 e. The van der Waals surface area contributed by atoms with Crippen molar-refractivity contribution in [3.8, 4) is 0 Å². The van der Waals surface area contributed by atoms with E-state index in [1.165, 1.54) is 5.56 Å². The first-order valence-electron chi connectivity index (χ1n) is 5.45. The number of aromatic nitrogens is 4. The molecule has 0 atom stereocenters. The Bertz CT molecular complexity index is 426. The lowest BCUT2D eigenvalue weighted by molar-refractivity contribution is 0.530. The molecule has 0 aliphatic rings. The Hall–Kier alpha value is -0.920. The van der Waals surface area contributed by atoms with Gasteiger partial charge in [-0.15, -0.1) is 5.10 Å². The number of tetrazole rings is 1. The summed E-state index contributed by atoms with van der Waals surface area (Å²) in [6, 6.07) is 2.16. The number of aryl methyl sites for hydroxylation is 1. The lowest BCUT2D eigenvalue weighted by Crippen LogP contribution is -2.16. The first-order valence-corrected chi connectivity index (χ1v) is 7.37. The third kappa shape index (κ3) is 3.79. The van der Waals surface area contributed by atoms with Gasteiger partial charge in [-0.1, -0.05) is 11.8 Å². The minimum Gasteiger partial charge on any atom is -0.318 e. The van der Waals surface area contributed by atoms with E-state index in [0.29, 0.717) is 0 Å². The van der Waals surface area contributed by atoms with Crippen molar-refractivity contribution in [3.63, 3.8) is 0 Å². The van der Waals surface area contributed by atoms with Crippen LogP contribution in [0.25, 0.3) is 0 Å². The van der Waals surface area contributed by atoms with Crippen molar-refractivity contribution < 1.29 is 0 Å². The third-order valence-electron chi connectivity index (χ3n) is 2.27. The average Bonchev–Trinajstić information content (AvgIpc) is 2.98. The first kappa shape index (κ1) is 12.5. The van der Waals surface area contributed by atoms with Crippen LogP contribution >= 0.6 is 23.1 Å². The molecule has 5 nitrogen and oxygen atoms in total. The molecule has 0 amide bonds. The number of thioether (sulfide) groups is 1. The fourth-order valence-corrected chi connectivity index (χ4v) is 2.95. The summed E-state index contributed by atoms with van der Waals surface area (Å²) in [5.41, 5.74) is 1.39. The Kier molecular flexibility index (Phi) is 4.96. The highest BCUT2D eigenvalue weighted by Gasteiger charge is 2.05. The molecule has 0 bridgehead atoms. The fraction of sp³-hybridized carbons (Fsp3) is 0.500. The van der Waals surface area contributed by atoms with Gasteiger partial charge < -0.3 is 5.32 Å². The number of rotatable bonds is 7. The number of likely N-dealkylation sites (N-methyl/N-ethyl adjacent to an activating group) is 1. The topological polar surface area (TPSA) is 55.6 Å². The van der Waals surface area contributed by atoms with E-state index in [0.717, 1.165) is 30.4 Å². The summed E-state index contributed by atoms with van der Waals surface area (Å²) in [4.78, 5) is 0. The molecule has 2 aromatic rings. The van der Waals surface area contributed by atoms with Gasteiger partial charge in [0.05, 0.1) is 6.54 Å². The Morgan fingerprint density at radius 3 is 3.24 bits per heavy atom. The van der Waals surface area contributed by atoms with E-state index in [1.807, 2.05) is 11.7 Å². The number of hydrogen-bond donors (Lipinski definition) is 1. The van der Waals surface area contributed by atoms with Crippen LogP contribution in [0.2, 0.25) is 0 Å². The molecule has 0 aromatic carbocycles. The van der Waals surface area contributed by atoms with Gasteiger partial charge in [-0.25, -0.2) is 4.68 Å². The Labute approximate surface area is 109 Å². The van der Waals surface area contributed by atoms with Gasteiger partial charge in [-0.3, -0.25) is 0 Å². The fourth-order valence-electron chi connectivity index (χ4n) is 1.35. The molecule has 92 valence electrons. The second-order valence-electron chi connectivity index (χ2n) is 3.52. The predicted octanol–water partition coefficient (Wildman–Crippen LogP) is 1.29. The van der Waals surface area contributed by atoms with Crippen LogP contribution in [0.15, 0.2) is 22.0 Å². The molecule has 17 heavy (non-hydrogen) atoms. The molecule has 0 radical (unpaired) electrons. The van der Waals surface area contributed by atoms with Crippen LogP contribution in [0, 0.1) is 0 Å². The van der Waals surface area contributed by atoms with Crippen molar-refractivity contribution in [2.75, 3.05) is 19.3 Å². The highest BCUT2D eigenvalue weighted by atomic mass is 32.2. The minimum absolute atomic E-state index is 0.810. The monoisotopic (exact) mass is 269 g/mol. The molecule has 2 aromatic heterocycles. The lowest BCUT2D eigenvalue weighted by Gasteiger charge is -2.03. The normalized spacial score (nSPS) is 10.9. The van der Waals surface area contributed by atoms with Crippen LogP contribution in [0.4, 0.5) is 0 Å². The van der Waals surface area contributed by atoms with Gasteiger partial charge in [-0.2, -0.15) is 11.3 Å². The lowest BCUT2D eigenvalue weighted by atomic mass is 10.3. The summed E-state index contributed by atoms with van der Waals surface area (Å²) < 4.78 is 1.84. The van der Waals surface area contributed by atoms with E-state index in [1.54, 1.807) is 23.1 Å². The Morgan fingerprint density at radius 1 is 1.53 bits per heavy atom. The van der Waals surface area contributed by atoms with Crippen molar-refractivity contribution in [1.29, 1.82) is 0 Å². The summed E-state index contributed by atoms with van der Waals surface area (Å²) >= 11 is 3.44.